The van der Waals surface area contributed by atoms with Gasteiger partial charge in [-0.05, 0) is 41.1 Å². The number of rotatable bonds is 9. The molecule has 8 N–H and O–H groups in total. The normalized spacial score (nSPS) is 18.1. The van der Waals surface area contributed by atoms with E-state index in [1.165, 1.54) is 23.6 Å². The number of nitrogens with one attached hydrogen (secondary N) is 1. The fourth-order valence-electron chi connectivity index (χ4n) is 5.47. The van der Waals surface area contributed by atoms with E-state index >= 15 is 0 Å². The van der Waals surface area contributed by atoms with Crippen molar-refractivity contribution in [1.29, 1.82) is 0 Å². The zero-order valence-corrected chi connectivity index (χ0v) is 71.2. The van der Waals surface area contributed by atoms with Crippen molar-refractivity contribution in [2.24, 2.45) is 21.5 Å². The fraction of sp³-hybridized carbons (Fsp3) is 0.400. The number of aliphatic hydroxyl groups is 3. The summed E-state index contributed by atoms with van der Waals surface area (Å²) >= 11 is 23.6. The van der Waals surface area contributed by atoms with E-state index in [1.54, 1.807) is 21.1 Å². The molecule has 1 saturated heterocycles. The predicted molar refractivity (Wildman–Crippen MR) is 277 cm³/mol. The molecule has 2 aliphatic rings. The van der Waals surface area contributed by atoms with Crippen molar-refractivity contribution in [1.82, 2.24) is 14.7 Å². The molecule has 5 unspecified atom stereocenters. The summed E-state index contributed by atoms with van der Waals surface area (Å²) in [6.07, 6.45) is -0.746. The van der Waals surface area contributed by atoms with Gasteiger partial charge in [0.2, 0.25) is 14.6 Å². The Labute approximate surface area is 582 Å². The van der Waals surface area contributed by atoms with Crippen molar-refractivity contribution >= 4 is 97.7 Å². The number of halogens is 3. The van der Waals surface area contributed by atoms with Crippen LogP contribution in [0.5, 0.6) is 0 Å². The van der Waals surface area contributed by atoms with Gasteiger partial charge in [0.15, 0.2) is 15.4 Å². The average molecular weight is 2470 g/mol. The van der Waals surface area contributed by atoms with Crippen LogP contribution in [0.2, 0.25) is 0 Å². The van der Waals surface area contributed by atoms with Crippen LogP contribution in [-0.2, 0) is 22.7 Å². The first kappa shape index (κ1) is 98.5. The fourth-order valence-corrected chi connectivity index (χ4v) is 11.8. The second kappa shape index (κ2) is 55.4. The van der Waals surface area contributed by atoms with Gasteiger partial charge in [0, 0.05) is 242 Å². The Hall–Kier alpha value is 4.05. The number of aliphatic imine (C=N–C) groups is 2. The summed E-state index contributed by atoms with van der Waals surface area (Å²) in [6.45, 7) is 1.09. The third-order valence-electron chi connectivity index (χ3n) is 8.65. The summed E-state index contributed by atoms with van der Waals surface area (Å²) in [4.78, 5) is 7.45. The second-order valence-corrected chi connectivity index (χ2v) is 22.7. The summed E-state index contributed by atoms with van der Waals surface area (Å²) in [5.74, 6) is 0.231. The van der Waals surface area contributed by atoms with E-state index in [0.29, 0.717) is 18.2 Å². The smallest absolute Gasteiger partial charge is 0.338 e. The molecule has 0 aromatic heterocycles. The Morgan fingerprint density at radius 3 is 1.46 bits per heavy atom. The number of thiocarbonyl (C=S) groups is 2. The molecule has 5 atom stereocenters. The maximum absolute atomic E-state index is 12.8. The summed E-state index contributed by atoms with van der Waals surface area (Å²) in [7, 11) is -0.351. The number of isothiocyanates is 1. The number of nitrogens with zero attached hydrogens (tertiary/aromatic N) is 4. The summed E-state index contributed by atoms with van der Waals surface area (Å²) in [5, 5.41) is 31.6. The first-order chi connectivity index (χ1) is 28.0. The van der Waals surface area contributed by atoms with Gasteiger partial charge in [-0.15, -0.1) is 0 Å². The van der Waals surface area contributed by atoms with Crippen LogP contribution >= 0.6 is 81.4 Å². The van der Waals surface area contributed by atoms with Gasteiger partial charge in [0.25, 0.3) is 0 Å². The quantitative estimate of drug-likeness (QED) is 0.0386. The average Bonchev–Trinajstić information content (AvgIpc) is 3.27. The molecule has 0 saturated carbocycles. The zero-order chi connectivity index (χ0) is 45.2. The maximum atomic E-state index is 12.8. The van der Waals surface area contributed by atoms with Crippen LogP contribution in [0.4, 0.5) is 0 Å². The molecule has 0 radical (unpaired) electrons. The number of hydrogen-bond donors (Lipinski definition) is 6. The van der Waals surface area contributed by atoms with Crippen LogP contribution in [0.15, 0.2) is 101 Å². The van der Waals surface area contributed by atoms with E-state index in [9.17, 15) is 23.9 Å². The van der Waals surface area contributed by atoms with Gasteiger partial charge in [0.05, 0.1) is 28.7 Å². The molecule has 2 aliphatic heterocycles. The van der Waals surface area contributed by atoms with Gasteiger partial charge < -0.3 is 68.1 Å². The van der Waals surface area contributed by atoms with E-state index in [4.69, 9.17) is 72.6 Å². The van der Waals surface area contributed by atoms with E-state index in [1.807, 2.05) is 91.0 Å². The largest absolute Gasteiger partial charge is 0.400 e. The third kappa shape index (κ3) is 33.3. The molecular weight excluding hydrogens is 2400 g/mol. The molecule has 1 fully saturated rings. The second-order valence-electron chi connectivity index (χ2n) is 11.7. The molecule has 2 heterocycles. The molecule has 0 bridgehead atoms. The minimum atomic E-state index is -3.14. The molecule has 15 nitrogen and oxygen atoms in total. The molecule has 0 amide bonds. The summed E-state index contributed by atoms with van der Waals surface area (Å²) in [6, 6.07) is 28.4. The van der Waals surface area contributed by atoms with Gasteiger partial charge >= 0.3 is 7.60 Å². The number of hydrogen-bond acceptors (Lipinski definition) is 14. The van der Waals surface area contributed by atoms with Crippen molar-refractivity contribution in [3.8, 4) is 0 Å². The van der Waals surface area contributed by atoms with Crippen LogP contribution in [-0.4, -0.2) is 120 Å². The van der Waals surface area contributed by atoms with Gasteiger partial charge in [-0.1, -0.05) is 133 Å². The van der Waals surface area contributed by atoms with Crippen molar-refractivity contribution in [2.75, 3.05) is 74.8 Å². The topological polar surface area (TPSA) is 226 Å². The van der Waals surface area contributed by atoms with E-state index in [2.05, 4.69) is 32.7 Å². The van der Waals surface area contributed by atoms with Crippen LogP contribution in [0.25, 0.3) is 0 Å². The summed E-state index contributed by atoms with van der Waals surface area (Å²) in [5.41, 5.74) is 13.1. The van der Waals surface area contributed by atoms with Gasteiger partial charge in [-0.25, -0.2) is 4.99 Å². The number of alkyl halides is 3. The van der Waals surface area contributed by atoms with Crippen LogP contribution in [0, 0.1) is 209 Å². The molecule has 5 rings (SSSR count). The minimum absolute atomic E-state index is 0. The first-order valence-corrected chi connectivity index (χ1v) is 24.9. The predicted octanol–water partition coefficient (Wildman–Crippen LogP) is 9.46. The Bertz CT molecular complexity index is 1890. The molecule has 69 heavy (non-hydrogen) atoms. The van der Waals surface area contributed by atoms with Crippen LogP contribution in [0.1, 0.15) is 41.1 Å². The Balaban J connectivity index is -0.0000000694. The molecule has 0 spiro atoms. The molecule has 0 aliphatic carbocycles. The number of guanidine groups is 1. The zero-order valence-electron chi connectivity index (χ0n) is 39.6. The Kier molecular flexibility index (Phi) is 79.0. The SMILES string of the molecule is C.CN1C(=S)NCC(c2ccccc2)P1(=O)CO.CN1C(N)=NCC(c2ccccc2)P1(=O)CO.CN=C=S.CO.COP(=O)(OC)C(CN)c1ccccc1.ClC(Cl)Cl.[CH3-].[CH3-].[CH3-].[U].[U].[U].[U].[U].[U]. The minimum Gasteiger partial charge on any atom is -0.400 e. The molecule has 3 aromatic rings. The molecule has 386 valence electrons. The van der Waals surface area contributed by atoms with Crippen molar-refractivity contribution < 1.29 is 225 Å². The number of benzene rings is 3. The van der Waals surface area contributed by atoms with Gasteiger partial charge in [-0.2, -0.15) is 0 Å². The van der Waals surface area contributed by atoms with Crippen molar-refractivity contribution in [2.45, 2.75) is 28.7 Å². The van der Waals surface area contributed by atoms with Crippen molar-refractivity contribution in [3.63, 3.8) is 0 Å². The van der Waals surface area contributed by atoms with Crippen LogP contribution in [0.3, 0.4) is 0 Å². The maximum Gasteiger partial charge on any atom is 0.338 e. The number of nitrogens with two attached hydrogens (primary N) is 2. The molecular formula is C40H68Cl3N7O8P3S2U6-3. The van der Waals surface area contributed by atoms with Crippen LogP contribution < -0.4 is 16.8 Å². The standard InChI is InChI=1S/C11H16N3O2P.C11H15N2O2PS.C10H16NO3P.C2H3NS.CHCl3.CH4O.CH4.3CH3.6U/c1-14-11(12)13-7-10(17(14,16)8-15)9-5-3-2-4-6-9;1-13-11(17)12-7-10(16(13,15)8-14)9-5-3-2-4-6-9;1-13-15(12,14-2)10(8-11)9-6-4-3-5-7-9;1-3-2-4;2-1(3)4;1-2;;;;;;;;;;/h2-6,10,15H,7-8H2,1H3,(H2,12,13);2-6,10,14H,7-8H2,1H3,(H,12,17);3-7,10H,8,11H2,1-2H3;1H3;1H;2H,1H3;1H4;3*1H3;;;;;;/q;;;;;;;3*-1;;;;;;. The molecule has 29 heteroatoms. The molecule has 3 aromatic carbocycles. The van der Waals surface area contributed by atoms with E-state index in [0.717, 1.165) is 23.8 Å². The van der Waals surface area contributed by atoms with E-state index < -0.39 is 32.1 Å². The van der Waals surface area contributed by atoms with Crippen molar-refractivity contribution in [3.05, 3.63) is 130 Å². The van der Waals surface area contributed by atoms with E-state index in [-0.39, 0.29) is 253 Å². The van der Waals surface area contributed by atoms with Gasteiger partial charge in [0.1, 0.15) is 12.7 Å². The Morgan fingerprint density at radius 1 is 0.812 bits per heavy atom. The Morgan fingerprint density at radius 2 is 1.14 bits per heavy atom. The van der Waals surface area contributed by atoms with Gasteiger partial charge in [-0.3, -0.25) is 23.4 Å². The summed E-state index contributed by atoms with van der Waals surface area (Å²) < 4.78 is 49.9. The number of aliphatic hydroxyl groups excluding tert-OH is 3. The first-order valence-electron chi connectivity index (χ1n) is 17.4. The third-order valence-corrected chi connectivity index (χ3v) is 17.8. The monoisotopic (exact) mass is 2460 g/mol.